The van der Waals surface area contributed by atoms with Gasteiger partial charge in [-0.05, 0) is 56.2 Å². The lowest BCUT2D eigenvalue weighted by Crippen LogP contribution is -2.34. The van der Waals surface area contributed by atoms with Crippen LogP contribution in [-0.4, -0.2) is 44.6 Å². The van der Waals surface area contributed by atoms with Gasteiger partial charge in [0, 0.05) is 6.26 Å². The Morgan fingerprint density at radius 1 is 1.11 bits per heavy atom. The average Bonchev–Trinajstić information content (AvgIpc) is 2.57. The predicted molar refractivity (Wildman–Crippen MR) is 106 cm³/mol. The van der Waals surface area contributed by atoms with E-state index in [1.165, 1.54) is 12.1 Å². The molecule has 0 saturated carbocycles. The Balaban J connectivity index is 1.99. The molecule has 152 valence electrons. The number of carbonyl (C=O) groups is 1. The summed E-state index contributed by atoms with van der Waals surface area (Å²) in [6, 6.07) is 11.3. The fourth-order valence-electron chi connectivity index (χ4n) is 2.35. The van der Waals surface area contributed by atoms with Crippen molar-refractivity contribution in [3.8, 4) is 22.6 Å². The van der Waals surface area contributed by atoms with Crippen molar-refractivity contribution in [1.82, 2.24) is 5.32 Å². The Labute approximate surface area is 165 Å². The predicted octanol–water partition coefficient (Wildman–Crippen LogP) is 3.37. The lowest BCUT2D eigenvalue weighted by molar-refractivity contribution is 0.0520. The van der Waals surface area contributed by atoms with Crippen LogP contribution in [0.2, 0.25) is 0 Å². The Hall–Kier alpha value is -2.74. The zero-order valence-electron chi connectivity index (χ0n) is 16.4. The molecule has 0 saturated heterocycles. The van der Waals surface area contributed by atoms with E-state index < -0.39 is 21.5 Å². The van der Waals surface area contributed by atoms with Crippen molar-refractivity contribution < 1.29 is 27.8 Å². The van der Waals surface area contributed by atoms with Crippen LogP contribution in [0.15, 0.2) is 47.4 Å². The van der Waals surface area contributed by atoms with Crippen LogP contribution in [0, 0.1) is 0 Å². The molecule has 0 heterocycles. The van der Waals surface area contributed by atoms with Gasteiger partial charge in [0.2, 0.25) is 0 Å². The molecular formula is C20H25NO6S. The molecule has 0 unspecified atom stereocenters. The van der Waals surface area contributed by atoms with Gasteiger partial charge in [-0.25, -0.2) is 13.2 Å². The summed E-state index contributed by atoms with van der Waals surface area (Å²) >= 11 is 0. The number of hydrogen-bond acceptors (Lipinski definition) is 6. The van der Waals surface area contributed by atoms with E-state index in [4.69, 9.17) is 9.47 Å². The molecule has 7 nitrogen and oxygen atoms in total. The van der Waals surface area contributed by atoms with Gasteiger partial charge in [-0.15, -0.1) is 0 Å². The number of phenolic OH excluding ortho intramolecular Hbond substituents is 1. The minimum Gasteiger partial charge on any atom is -0.504 e. The Morgan fingerprint density at radius 2 is 1.79 bits per heavy atom. The molecule has 2 rings (SSSR count). The lowest BCUT2D eigenvalue weighted by Gasteiger charge is -2.19. The van der Waals surface area contributed by atoms with E-state index in [1.807, 2.05) is 0 Å². The highest BCUT2D eigenvalue weighted by Crippen LogP contribution is 2.32. The van der Waals surface area contributed by atoms with Gasteiger partial charge in [0.25, 0.3) is 0 Å². The molecule has 0 aliphatic rings. The smallest absolute Gasteiger partial charge is 0.407 e. The second kappa shape index (κ2) is 8.52. The third-order valence-electron chi connectivity index (χ3n) is 3.58. The third kappa shape index (κ3) is 6.45. The van der Waals surface area contributed by atoms with Crippen LogP contribution in [0.3, 0.4) is 0 Å². The number of amides is 1. The van der Waals surface area contributed by atoms with Crippen molar-refractivity contribution in [2.24, 2.45) is 0 Å². The minimum atomic E-state index is -3.32. The van der Waals surface area contributed by atoms with Gasteiger partial charge in [0.15, 0.2) is 21.3 Å². The molecule has 8 heteroatoms. The van der Waals surface area contributed by atoms with Gasteiger partial charge in [0.1, 0.15) is 12.2 Å². The highest BCUT2D eigenvalue weighted by molar-refractivity contribution is 7.90. The largest absolute Gasteiger partial charge is 0.504 e. The second-order valence-corrected chi connectivity index (χ2v) is 9.28. The van der Waals surface area contributed by atoms with Gasteiger partial charge >= 0.3 is 6.09 Å². The number of hydrogen-bond donors (Lipinski definition) is 2. The third-order valence-corrected chi connectivity index (χ3v) is 4.69. The topological polar surface area (TPSA) is 102 Å². The first-order valence-corrected chi connectivity index (χ1v) is 10.6. The molecule has 0 spiro atoms. The summed E-state index contributed by atoms with van der Waals surface area (Å²) < 4.78 is 34.0. The number of carbonyl (C=O) groups excluding carboxylic acids is 1. The first kappa shape index (κ1) is 21.6. The number of aromatic hydroxyl groups is 1. The Bertz CT molecular complexity index is 947. The first-order valence-electron chi connectivity index (χ1n) is 8.69. The van der Waals surface area contributed by atoms with Crippen LogP contribution in [0.4, 0.5) is 4.79 Å². The Morgan fingerprint density at radius 3 is 2.39 bits per heavy atom. The van der Waals surface area contributed by atoms with E-state index in [0.717, 1.165) is 6.26 Å². The lowest BCUT2D eigenvalue weighted by atomic mass is 10.1. The van der Waals surface area contributed by atoms with Crippen molar-refractivity contribution in [3.63, 3.8) is 0 Å². The number of phenols is 1. The zero-order valence-corrected chi connectivity index (χ0v) is 17.2. The SMILES string of the molecule is CC(C)(C)OC(=O)NCCOc1ccc(-c2cccc(S(C)(=O)=O)c2)cc1O. The normalized spacial score (nSPS) is 11.7. The number of sulfone groups is 1. The van der Waals surface area contributed by atoms with E-state index in [0.29, 0.717) is 11.1 Å². The molecule has 2 aromatic rings. The molecule has 28 heavy (non-hydrogen) atoms. The monoisotopic (exact) mass is 407 g/mol. The van der Waals surface area contributed by atoms with Crippen LogP contribution < -0.4 is 10.1 Å². The maximum atomic E-state index is 11.7. The molecule has 0 radical (unpaired) electrons. The molecule has 2 aromatic carbocycles. The Kier molecular flexibility index (Phi) is 6.56. The van der Waals surface area contributed by atoms with Crippen LogP contribution in [0.1, 0.15) is 20.8 Å². The molecule has 1 amide bonds. The number of benzene rings is 2. The van der Waals surface area contributed by atoms with E-state index in [1.54, 1.807) is 51.1 Å². The van der Waals surface area contributed by atoms with Crippen molar-refractivity contribution in [3.05, 3.63) is 42.5 Å². The molecule has 0 atom stereocenters. The summed E-state index contributed by atoms with van der Waals surface area (Å²) in [6.45, 7) is 5.68. The van der Waals surface area contributed by atoms with E-state index in [2.05, 4.69) is 5.32 Å². The summed E-state index contributed by atoms with van der Waals surface area (Å²) in [5, 5.41) is 12.7. The van der Waals surface area contributed by atoms with Crippen molar-refractivity contribution >= 4 is 15.9 Å². The van der Waals surface area contributed by atoms with Gasteiger partial charge in [-0.3, -0.25) is 0 Å². The highest BCUT2D eigenvalue weighted by Gasteiger charge is 2.15. The van der Waals surface area contributed by atoms with E-state index in [9.17, 15) is 18.3 Å². The maximum absolute atomic E-state index is 11.7. The highest BCUT2D eigenvalue weighted by atomic mass is 32.2. The quantitative estimate of drug-likeness (QED) is 0.712. The summed E-state index contributed by atoms with van der Waals surface area (Å²) in [5.41, 5.74) is 0.742. The standard InChI is InChI=1S/C20H25NO6S/c1-20(2,3)27-19(23)21-10-11-26-18-9-8-15(13-17(18)22)14-6-5-7-16(12-14)28(4,24)25/h5-9,12-13,22H,10-11H2,1-4H3,(H,21,23). The number of ether oxygens (including phenoxy) is 2. The van der Waals surface area contributed by atoms with E-state index in [-0.39, 0.29) is 29.5 Å². The molecule has 0 bridgehead atoms. The molecule has 2 N–H and O–H groups in total. The summed E-state index contributed by atoms with van der Waals surface area (Å²) in [7, 11) is -3.32. The molecule has 0 fully saturated rings. The fraction of sp³-hybridized carbons (Fsp3) is 0.350. The van der Waals surface area contributed by atoms with Crippen LogP contribution in [-0.2, 0) is 14.6 Å². The molecular weight excluding hydrogens is 382 g/mol. The summed E-state index contributed by atoms with van der Waals surface area (Å²) in [6.07, 6.45) is 0.604. The molecule has 0 aromatic heterocycles. The summed E-state index contributed by atoms with van der Waals surface area (Å²) in [4.78, 5) is 11.8. The van der Waals surface area contributed by atoms with Crippen molar-refractivity contribution in [2.75, 3.05) is 19.4 Å². The van der Waals surface area contributed by atoms with Crippen molar-refractivity contribution in [2.45, 2.75) is 31.3 Å². The maximum Gasteiger partial charge on any atom is 0.407 e. The van der Waals surface area contributed by atoms with E-state index >= 15 is 0 Å². The van der Waals surface area contributed by atoms with Gasteiger partial charge < -0.3 is 19.9 Å². The number of alkyl carbamates (subject to hydrolysis) is 1. The fourth-order valence-corrected chi connectivity index (χ4v) is 3.02. The molecule has 0 aliphatic heterocycles. The van der Waals surface area contributed by atoms with Crippen molar-refractivity contribution in [1.29, 1.82) is 0 Å². The van der Waals surface area contributed by atoms with Crippen LogP contribution in [0.25, 0.3) is 11.1 Å². The zero-order chi connectivity index (χ0) is 20.9. The first-order chi connectivity index (χ1) is 13.0. The van der Waals surface area contributed by atoms with Gasteiger partial charge in [0.05, 0.1) is 11.4 Å². The molecule has 0 aliphatic carbocycles. The minimum absolute atomic E-state index is 0.0838. The average molecular weight is 407 g/mol. The number of rotatable bonds is 6. The van der Waals surface area contributed by atoms with Crippen LogP contribution in [0.5, 0.6) is 11.5 Å². The second-order valence-electron chi connectivity index (χ2n) is 7.26. The van der Waals surface area contributed by atoms with Gasteiger partial charge in [-0.2, -0.15) is 0 Å². The summed E-state index contributed by atoms with van der Waals surface area (Å²) in [5.74, 6) is 0.175. The number of nitrogens with one attached hydrogen (secondary N) is 1. The van der Waals surface area contributed by atoms with Crippen LogP contribution >= 0.6 is 0 Å². The van der Waals surface area contributed by atoms with Gasteiger partial charge in [-0.1, -0.05) is 18.2 Å².